The van der Waals surface area contributed by atoms with Gasteiger partial charge in [0.15, 0.2) is 10.9 Å². The lowest BCUT2D eigenvalue weighted by Gasteiger charge is -2.31. The van der Waals surface area contributed by atoms with Gasteiger partial charge in [-0.15, -0.1) is 0 Å². The molecule has 6 heteroatoms. The van der Waals surface area contributed by atoms with Crippen molar-refractivity contribution in [3.8, 4) is 11.5 Å². The van der Waals surface area contributed by atoms with Crippen molar-refractivity contribution in [3.05, 3.63) is 78.4 Å². The largest absolute Gasteiger partial charge is 0.455 e. The minimum Gasteiger partial charge on any atom is -0.455 e. The number of carbonyl (C=O) groups is 1. The Balaban J connectivity index is 1.22. The first kappa shape index (κ1) is 20.5. The number of thiazole rings is 1. The average Bonchev–Trinajstić information content (AvgIpc) is 3.24. The molecule has 1 fully saturated rings. The summed E-state index contributed by atoms with van der Waals surface area (Å²) < 4.78 is 7.20. The highest BCUT2D eigenvalue weighted by atomic mass is 32.1. The Morgan fingerprint density at radius 2 is 1.78 bits per heavy atom. The number of ether oxygens (including phenoxy) is 1. The Morgan fingerprint density at radius 1 is 1.03 bits per heavy atom. The van der Waals surface area contributed by atoms with E-state index >= 15 is 0 Å². The van der Waals surface area contributed by atoms with E-state index in [1.807, 2.05) is 54.6 Å². The standard InChI is InChI=1S/C26H25N3O2S/c1-18-11-12-22-24(17-18)32-26(28-22)29-15-13-19(14-16-29)25(30)27-21-9-5-6-10-23(21)31-20-7-3-2-4-8-20/h2-12,17,19H,13-16H2,1H3,(H,27,30). The zero-order valence-electron chi connectivity index (χ0n) is 18.0. The number of hydrogen-bond donors (Lipinski definition) is 1. The SMILES string of the molecule is Cc1ccc2nc(N3CCC(C(=O)Nc4ccccc4Oc4ccccc4)CC3)sc2c1. The molecule has 0 radical (unpaired) electrons. The number of fused-ring (bicyclic) bond motifs is 1. The van der Waals surface area contributed by atoms with Crippen molar-refractivity contribution in [2.45, 2.75) is 19.8 Å². The van der Waals surface area contributed by atoms with Crippen LogP contribution in [-0.4, -0.2) is 24.0 Å². The summed E-state index contributed by atoms with van der Waals surface area (Å²) in [6.07, 6.45) is 1.62. The van der Waals surface area contributed by atoms with Gasteiger partial charge in [0, 0.05) is 19.0 Å². The number of para-hydroxylation sites is 3. The fraction of sp³-hybridized carbons (Fsp3) is 0.231. The summed E-state index contributed by atoms with van der Waals surface area (Å²) in [7, 11) is 0. The van der Waals surface area contributed by atoms with Crippen LogP contribution < -0.4 is 15.0 Å². The van der Waals surface area contributed by atoms with Gasteiger partial charge in [-0.1, -0.05) is 47.7 Å². The fourth-order valence-electron chi connectivity index (χ4n) is 4.00. The second kappa shape index (κ2) is 9.01. The third-order valence-corrected chi connectivity index (χ3v) is 6.86. The smallest absolute Gasteiger partial charge is 0.227 e. The van der Waals surface area contributed by atoms with Crippen LogP contribution in [-0.2, 0) is 4.79 Å². The van der Waals surface area contributed by atoms with E-state index in [-0.39, 0.29) is 11.8 Å². The number of rotatable bonds is 5. The first-order valence-electron chi connectivity index (χ1n) is 10.9. The summed E-state index contributed by atoms with van der Waals surface area (Å²) >= 11 is 1.73. The van der Waals surface area contributed by atoms with Crippen molar-refractivity contribution in [3.63, 3.8) is 0 Å². The maximum absolute atomic E-state index is 13.0. The molecule has 1 saturated heterocycles. The number of piperidine rings is 1. The average molecular weight is 444 g/mol. The van der Waals surface area contributed by atoms with Gasteiger partial charge in [0.1, 0.15) is 5.75 Å². The van der Waals surface area contributed by atoms with Gasteiger partial charge in [-0.25, -0.2) is 4.98 Å². The Morgan fingerprint density at radius 3 is 2.59 bits per heavy atom. The molecule has 1 amide bonds. The van der Waals surface area contributed by atoms with Crippen molar-refractivity contribution >= 4 is 38.3 Å². The third-order valence-electron chi connectivity index (χ3n) is 5.78. The van der Waals surface area contributed by atoms with Gasteiger partial charge in [-0.05, 0) is 61.7 Å². The van der Waals surface area contributed by atoms with Crippen LogP contribution in [0.2, 0.25) is 0 Å². The molecule has 0 aliphatic carbocycles. The lowest BCUT2D eigenvalue weighted by atomic mass is 9.96. The summed E-state index contributed by atoms with van der Waals surface area (Å²) in [6, 6.07) is 23.5. The predicted molar refractivity (Wildman–Crippen MR) is 131 cm³/mol. The molecule has 0 atom stereocenters. The van der Waals surface area contributed by atoms with Crippen LogP contribution in [0.3, 0.4) is 0 Å². The molecule has 5 rings (SSSR count). The second-order valence-electron chi connectivity index (χ2n) is 8.13. The van der Waals surface area contributed by atoms with Crippen LogP contribution in [0.4, 0.5) is 10.8 Å². The first-order valence-corrected chi connectivity index (χ1v) is 11.7. The van der Waals surface area contributed by atoms with Crippen LogP contribution in [0.25, 0.3) is 10.2 Å². The molecular weight excluding hydrogens is 418 g/mol. The van der Waals surface area contributed by atoms with Gasteiger partial charge >= 0.3 is 0 Å². The molecule has 162 valence electrons. The summed E-state index contributed by atoms with van der Waals surface area (Å²) in [6.45, 7) is 3.77. The number of aromatic nitrogens is 1. The summed E-state index contributed by atoms with van der Waals surface area (Å²) in [5.41, 5.74) is 3.00. The van der Waals surface area contributed by atoms with Gasteiger partial charge in [-0.2, -0.15) is 0 Å². The highest BCUT2D eigenvalue weighted by Gasteiger charge is 2.27. The van der Waals surface area contributed by atoms with Crippen molar-refractivity contribution in [2.24, 2.45) is 5.92 Å². The van der Waals surface area contributed by atoms with Crippen LogP contribution >= 0.6 is 11.3 Å². The van der Waals surface area contributed by atoms with E-state index in [1.54, 1.807) is 11.3 Å². The molecule has 0 bridgehead atoms. The first-order chi connectivity index (χ1) is 15.7. The lowest BCUT2D eigenvalue weighted by Crippen LogP contribution is -2.38. The Kier molecular flexibility index (Phi) is 5.77. The van der Waals surface area contributed by atoms with Crippen molar-refractivity contribution in [1.82, 2.24) is 4.98 Å². The molecule has 1 aliphatic heterocycles. The molecule has 1 N–H and O–H groups in total. The van der Waals surface area contributed by atoms with Crippen LogP contribution in [0.5, 0.6) is 11.5 Å². The van der Waals surface area contributed by atoms with Crippen LogP contribution in [0, 0.1) is 12.8 Å². The Hall–Kier alpha value is -3.38. The van der Waals surface area contributed by atoms with Gasteiger partial charge in [-0.3, -0.25) is 4.79 Å². The van der Waals surface area contributed by atoms with E-state index in [4.69, 9.17) is 9.72 Å². The van der Waals surface area contributed by atoms with Gasteiger partial charge in [0.25, 0.3) is 0 Å². The summed E-state index contributed by atoms with van der Waals surface area (Å²) in [5, 5.41) is 4.13. The number of amides is 1. The second-order valence-corrected chi connectivity index (χ2v) is 9.14. The number of nitrogens with one attached hydrogen (secondary N) is 1. The molecule has 0 spiro atoms. The van der Waals surface area contributed by atoms with E-state index in [0.717, 1.165) is 42.3 Å². The molecule has 5 nitrogen and oxygen atoms in total. The molecular formula is C26H25N3O2S. The maximum atomic E-state index is 13.0. The number of benzene rings is 3. The number of nitrogens with zero attached hydrogens (tertiary/aromatic N) is 2. The van der Waals surface area contributed by atoms with Crippen LogP contribution in [0.1, 0.15) is 18.4 Å². The minimum atomic E-state index is -0.0207. The van der Waals surface area contributed by atoms with Crippen molar-refractivity contribution in [1.29, 1.82) is 0 Å². The molecule has 4 aromatic rings. The highest BCUT2D eigenvalue weighted by molar-refractivity contribution is 7.22. The Labute approximate surface area is 191 Å². The number of anilines is 2. The van der Waals surface area contributed by atoms with E-state index < -0.39 is 0 Å². The molecule has 32 heavy (non-hydrogen) atoms. The lowest BCUT2D eigenvalue weighted by molar-refractivity contribution is -0.120. The van der Waals surface area contributed by atoms with E-state index in [1.165, 1.54) is 10.3 Å². The molecule has 0 unspecified atom stereocenters. The molecule has 3 aromatic carbocycles. The summed E-state index contributed by atoms with van der Waals surface area (Å²) in [5.74, 6) is 1.42. The predicted octanol–water partition coefficient (Wildman–Crippen LogP) is 6.25. The Bertz CT molecular complexity index is 1230. The van der Waals surface area contributed by atoms with Crippen LogP contribution in [0.15, 0.2) is 72.8 Å². The monoisotopic (exact) mass is 443 g/mol. The van der Waals surface area contributed by atoms with Crippen molar-refractivity contribution in [2.75, 3.05) is 23.3 Å². The van der Waals surface area contributed by atoms with Gasteiger partial charge in [0.2, 0.25) is 5.91 Å². The van der Waals surface area contributed by atoms with Crippen molar-refractivity contribution < 1.29 is 9.53 Å². The number of hydrogen-bond acceptors (Lipinski definition) is 5. The quantitative estimate of drug-likeness (QED) is 0.396. The highest BCUT2D eigenvalue weighted by Crippen LogP contribution is 2.33. The van der Waals surface area contributed by atoms with Gasteiger partial charge < -0.3 is 15.0 Å². The third kappa shape index (κ3) is 4.46. The van der Waals surface area contributed by atoms with Gasteiger partial charge in [0.05, 0.1) is 15.9 Å². The van der Waals surface area contributed by atoms with E-state index in [9.17, 15) is 4.79 Å². The number of aryl methyl sites for hydroxylation is 1. The van der Waals surface area contributed by atoms with E-state index in [2.05, 4.69) is 35.3 Å². The molecule has 1 aliphatic rings. The topological polar surface area (TPSA) is 54.5 Å². The molecule has 0 saturated carbocycles. The fourth-order valence-corrected chi connectivity index (χ4v) is 5.11. The maximum Gasteiger partial charge on any atom is 0.227 e. The minimum absolute atomic E-state index is 0.0207. The summed E-state index contributed by atoms with van der Waals surface area (Å²) in [4.78, 5) is 20.1. The number of carbonyl (C=O) groups excluding carboxylic acids is 1. The zero-order chi connectivity index (χ0) is 21.9. The molecule has 2 heterocycles. The zero-order valence-corrected chi connectivity index (χ0v) is 18.8. The van der Waals surface area contributed by atoms with E-state index in [0.29, 0.717) is 11.4 Å². The molecule has 1 aromatic heterocycles. The normalized spacial score (nSPS) is 14.5.